The molecule has 5 heteroatoms. The standard InChI is InChI=1S/C21H23N3O2/c1-15-2-4-18-10-16(3-5-20(18)24-15)12-22-13-17-6-8-23-21(11-17)26-19-7-9-25-14-19/h2-6,8,10-11,19,22H,7,9,12-14H2,1H3. The summed E-state index contributed by atoms with van der Waals surface area (Å²) >= 11 is 0. The van der Waals surface area contributed by atoms with Gasteiger partial charge in [0.2, 0.25) is 5.88 Å². The van der Waals surface area contributed by atoms with Gasteiger partial charge in [-0.2, -0.15) is 0 Å². The van der Waals surface area contributed by atoms with Gasteiger partial charge in [0.15, 0.2) is 0 Å². The minimum atomic E-state index is 0.126. The van der Waals surface area contributed by atoms with Crippen LogP contribution >= 0.6 is 0 Å². The highest BCUT2D eigenvalue weighted by atomic mass is 16.5. The lowest BCUT2D eigenvalue weighted by Crippen LogP contribution is -2.17. The van der Waals surface area contributed by atoms with Crippen LogP contribution < -0.4 is 10.1 Å². The van der Waals surface area contributed by atoms with Gasteiger partial charge in [-0.05, 0) is 42.3 Å². The summed E-state index contributed by atoms with van der Waals surface area (Å²) in [5, 5.41) is 4.66. The molecule has 2 aromatic heterocycles. The number of pyridine rings is 2. The van der Waals surface area contributed by atoms with Crippen molar-refractivity contribution in [2.24, 2.45) is 0 Å². The van der Waals surface area contributed by atoms with E-state index in [-0.39, 0.29) is 6.10 Å². The van der Waals surface area contributed by atoms with Crippen molar-refractivity contribution in [3.8, 4) is 5.88 Å². The maximum Gasteiger partial charge on any atom is 0.213 e. The van der Waals surface area contributed by atoms with Crippen LogP contribution in [0.25, 0.3) is 10.9 Å². The van der Waals surface area contributed by atoms with Gasteiger partial charge in [-0.15, -0.1) is 0 Å². The average Bonchev–Trinajstić information content (AvgIpc) is 3.15. The number of rotatable bonds is 6. The number of nitrogens with one attached hydrogen (secondary N) is 1. The highest BCUT2D eigenvalue weighted by molar-refractivity contribution is 5.79. The lowest BCUT2D eigenvalue weighted by Gasteiger charge is -2.12. The largest absolute Gasteiger partial charge is 0.472 e. The molecule has 0 radical (unpaired) electrons. The van der Waals surface area contributed by atoms with E-state index >= 15 is 0 Å². The fourth-order valence-electron chi connectivity index (χ4n) is 3.14. The number of aromatic nitrogens is 2. The van der Waals surface area contributed by atoms with Crippen LogP contribution in [0.5, 0.6) is 5.88 Å². The Morgan fingerprint density at radius 2 is 2.00 bits per heavy atom. The van der Waals surface area contributed by atoms with Gasteiger partial charge < -0.3 is 14.8 Å². The number of benzene rings is 1. The van der Waals surface area contributed by atoms with Crippen LogP contribution in [0, 0.1) is 6.92 Å². The Morgan fingerprint density at radius 3 is 2.85 bits per heavy atom. The summed E-state index contributed by atoms with van der Waals surface area (Å²) in [4.78, 5) is 8.84. The lowest BCUT2D eigenvalue weighted by atomic mass is 10.1. The second-order valence-electron chi connectivity index (χ2n) is 6.69. The van der Waals surface area contributed by atoms with E-state index in [4.69, 9.17) is 9.47 Å². The van der Waals surface area contributed by atoms with Crippen LogP contribution in [-0.4, -0.2) is 29.3 Å². The highest BCUT2D eigenvalue weighted by Gasteiger charge is 2.17. The maximum absolute atomic E-state index is 5.87. The molecule has 1 aliphatic heterocycles. The SMILES string of the molecule is Cc1ccc2cc(CNCc3ccnc(OC4CCOC4)c3)ccc2n1. The van der Waals surface area contributed by atoms with Crippen molar-refractivity contribution in [3.63, 3.8) is 0 Å². The Labute approximate surface area is 153 Å². The van der Waals surface area contributed by atoms with Gasteiger partial charge in [0.25, 0.3) is 0 Å². The van der Waals surface area contributed by atoms with Crippen LogP contribution in [0.3, 0.4) is 0 Å². The second kappa shape index (κ2) is 7.81. The second-order valence-corrected chi connectivity index (χ2v) is 6.69. The fraction of sp³-hybridized carbons (Fsp3) is 0.333. The van der Waals surface area contributed by atoms with Crippen LogP contribution in [0.1, 0.15) is 23.2 Å². The molecule has 0 saturated carbocycles. The molecule has 1 aromatic carbocycles. The van der Waals surface area contributed by atoms with Crippen molar-refractivity contribution in [2.45, 2.75) is 32.5 Å². The molecule has 1 unspecified atom stereocenters. The first-order chi connectivity index (χ1) is 12.8. The molecule has 1 atom stereocenters. The Bertz CT molecular complexity index is 891. The van der Waals surface area contributed by atoms with Crippen molar-refractivity contribution in [3.05, 3.63) is 65.5 Å². The zero-order chi connectivity index (χ0) is 17.8. The van der Waals surface area contributed by atoms with Gasteiger partial charge in [-0.3, -0.25) is 4.98 Å². The number of fused-ring (bicyclic) bond motifs is 1. The van der Waals surface area contributed by atoms with Crippen molar-refractivity contribution in [1.29, 1.82) is 0 Å². The van der Waals surface area contributed by atoms with Gasteiger partial charge in [0.1, 0.15) is 6.10 Å². The third-order valence-corrected chi connectivity index (χ3v) is 4.53. The summed E-state index contributed by atoms with van der Waals surface area (Å²) in [5.41, 5.74) is 4.49. The van der Waals surface area contributed by atoms with Gasteiger partial charge >= 0.3 is 0 Å². The molecule has 0 bridgehead atoms. The molecule has 5 nitrogen and oxygen atoms in total. The maximum atomic E-state index is 5.87. The Kier molecular flexibility index (Phi) is 5.09. The van der Waals surface area contributed by atoms with Crippen LogP contribution in [-0.2, 0) is 17.8 Å². The third kappa shape index (κ3) is 4.18. The summed E-state index contributed by atoms with van der Waals surface area (Å²) in [6.45, 7) is 5.01. The monoisotopic (exact) mass is 349 g/mol. The Balaban J connectivity index is 1.34. The first kappa shape index (κ1) is 16.9. The number of hydrogen-bond donors (Lipinski definition) is 1. The molecule has 26 heavy (non-hydrogen) atoms. The summed E-state index contributed by atoms with van der Waals surface area (Å²) < 4.78 is 11.2. The summed E-state index contributed by atoms with van der Waals surface area (Å²) in [5.74, 6) is 0.673. The minimum absolute atomic E-state index is 0.126. The Morgan fingerprint density at radius 1 is 1.12 bits per heavy atom. The number of hydrogen-bond acceptors (Lipinski definition) is 5. The molecule has 0 amide bonds. The molecule has 1 saturated heterocycles. The van der Waals surface area contributed by atoms with E-state index in [1.807, 2.05) is 25.1 Å². The van der Waals surface area contributed by atoms with Gasteiger partial charge in [0.05, 0.1) is 18.7 Å². The zero-order valence-electron chi connectivity index (χ0n) is 14.9. The fourth-order valence-corrected chi connectivity index (χ4v) is 3.14. The first-order valence-corrected chi connectivity index (χ1v) is 9.02. The van der Waals surface area contributed by atoms with E-state index in [0.717, 1.165) is 42.9 Å². The summed E-state index contributed by atoms with van der Waals surface area (Å²) in [6, 6.07) is 14.6. The van der Waals surface area contributed by atoms with Gasteiger partial charge in [-0.25, -0.2) is 4.98 Å². The normalized spacial score (nSPS) is 16.9. The Hall–Kier alpha value is -2.50. The van der Waals surface area contributed by atoms with Crippen LogP contribution in [0.4, 0.5) is 0 Å². The van der Waals surface area contributed by atoms with E-state index in [1.165, 1.54) is 10.9 Å². The van der Waals surface area contributed by atoms with Gasteiger partial charge in [0, 0.05) is 42.9 Å². The average molecular weight is 349 g/mol. The van der Waals surface area contributed by atoms with Crippen LogP contribution in [0.15, 0.2) is 48.7 Å². The first-order valence-electron chi connectivity index (χ1n) is 9.02. The van der Waals surface area contributed by atoms with Crippen molar-refractivity contribution >= 4 is 10.9 Å². The smallest absolute Gasteiger partial charge is 0.213 e. The van der Waals surface area contributed by atoms with Crippen molar-refractivity contribution in [2.75, 3.05) is 13.2 Å². The molecular formula is C21H23N3O2. The highest BCUT2D eigenvalue weighted by Crippen LogP contribution is 2.17. The number of nitrogens with zero attached hydrogens (tertiary/aromatic N) is 2. The van der Waals surface area contributed by atoms with E-state index < -0.39 is 0 Å². The molecule has 4 rings (SSSR count). The van der Waals surface area contributed by atoms with E-state index in [2.05, 4.69) is 39.6 Å². The molecule has 3 heterocycles. The minimum Gasteiger partial charge on any atom is -0.472 e. The molecule has 1 aliphatic rings. The predicted molar refractivity (Wildman–Crippen MR) is 101 cm³/mol. The lowest BCUT2D eigenvalue weighted by molar-refractivity contribution is 0.138. The quantitative estimate of drug-likeness (QED) is 0.739. The molecule has 1 fully saturated rings. The van der Waals surface area contributed by atoms with Gasteiger partial charge in [-0.1, -0.05) is 12.1 Å². The third-order valence-electron chi connectivity index (χ3n) is 4.53. The van der Waals surface area contributed by atoms with E-state index in [1.54, 1.807) is 6.20 Å². The van der Waals surface area contributed by atoms with E-state index in [0.29, 0.717) is 12.5 Å². The van der Waals surface area contributed by atoms with Crippen molar-refractivity contribution in [1.82, 2.24) is 15.3 Å². The number of ether oxygens (including phenoxy) is 2. The van der Waals surface area contributed by atoms with Crippen LogP contribution in [0.2, 0.25) is 0 Å². The molecule has 134 valence electrons. The molecule has 0 aliphatic carbocycles. The summed E-state index contributed by atoms with van der Waals surface area (Å²) in [7, 11) is 0. The zero-order valence-corrected chi connectivity index (χ0v) is 14.9. The summed E-state index contributed by atoms with van der Waals surface area (Å²) in [6.07, 6.45) is 2.85. The molecule has 0 spiro atoms. The molecule has 1 N–H and O–H groups in total. The van der Waals surface area contributed by atoms with Crippen molar-refractivity contribution < 1.29 is 9.47 Å². The molecule has 3 aromatic rings. The predicted octanol–water partition coefficient (Wildman–Crippen LogP) is 3.40. The number of aryl methyl sites for hydroxylation is 1. The van der Waals surface area contributed by atoms with E-state index in [9.17, 15) is 0 Å². The molecular weight excluding hydrogens is 326 g/mol. The topological polar surface area (TPSA) is 56.3 Å².